The molecule has 0 atom stereocenters. The van der Waals surface area contributed by atoms with Gasteiger partial charge in [-0.05, 0) is 42.5 Å². The van der Waals surface area contributed by atoms with E-state index in [2.05, 4.69) is 15.1 Å². The Balaban J connectivity index is 1.74. The van der Waals surface area contributed by atoms with Gasteiger partial charge in [0.15, 0.2) is 5.65 Å². The maximum absolute atomic E-state index is 10.6. The van der Waals surface area contributed by atoms with E-state index in [1.165, 1.54) is 23.3 Å². The lowest BCUT2D eigenvalue weighted by atomic mass is 10.1. The molecular weight excluding hydrogens is 342 g/mol. The standard InChI is InChI=1S/C20H15N5O2/c21-19-17-18(24-25(11-4-12-26)20(17)23-13-22-19)14-7-9-16(10-8-14)27-15-5-2-1-3-6-15/h1-13H,(H2,21,22,23). The molecule has 0 aliphatic rings. The Morgan fingerprint density at radius 1 is 0.963 bits per heavy atom. The number of carbonyl (C=O) groups is 1. The van der Waals surface area contributed by atoms with Crippen LogP contribution in [0.25, 0.3) is 28.5 Å². The van der Waals surface area contributed by atoms with Crippen LogP contribution in [0.1, 0.15) is 0 Å². The Bertz CT molecular complexity index is 1120. The normalized spacial score (nSPS) is 11.1. The minimum absolute atomic E-state index is 0.324. The highest BCUT2D eigenvalue weighted by Crippen LogP contribution is 2.32. The molecule has 7 heteroatoms. The van der Waals surface area contributed by atoms with Crippen LogP contribution in [0.3, 0.4) is 0 Å². The van der Waals surface area contributed by atoms with Gasteiger partial charge in [0.25, 0.3) is 0 Å². The summed E-state index contributed by atoms with van der Waals surface area (Å²) in [7, 11) is 0. The van der Waals surface area contributed by atoms with Crippen molar-refractivity contribution in [2.45, 2.75) is 0 Å². The van der Waals surface area contributed by atoms with Gasteiger partial charge < -0.3 is 10.5 Å². The quantitative estimate of drug-likeness (QED) is 0.433. The van der Waals surface area contributed by atoms with Crippen molar-refractivity contribution in [1.29, 1.82) is 0 Å². The molecule has 132 valence electrons. The number of para-hydroxylation sites is 1. The number of nitrogen functional groups attached to an aromatic ring is 1. The molecule has 0 amide bonds. The molecule has 0 bridgehead atoms. The summed E-state index contributed by atoms with van der Waals surface area (Å²) >= 11 is 0. The Morgan fingerprint density at radius 3 is 2.44 bits per heavy atom. The molecular formula is C20H15N5O2. The lowest BCUT2D eigenvalue weighted by Gasteiger charge is -2.06. The van der Waals surface area contributed by atoms with Crippen LogP contribution in [-0.2, 0) is 4.79 Å². The molecule has 0 aliphatic heterocycles. The summed E-state index contributed by atoms with van der Waals surface area (Å²) in [5, 5.41) is 5.15. The van der Waals surface area contributed by atoms with Gasteiger partial charge in [0.2, 0.25) is 0 Å². The zero-order chi connectivity index (χ0) is 18.6. The zero-order valence-electron chi connectivity index (χ0n) is 14.2. The highest BCUT2D eigenvalue weighted by atomic mass is 16.5. The third-order valence-corrected chi connectivity index (χ3v) is 3.93. The maximum atomic E-state index is 10.6. The number of allylic oxidation sites excluding steroid dienone is 1. The Hall–Kier alpha value is -4.00. The van der Waals surface area contributed by atoms with E-state index >= 15 is 0 Å². The minimum atomic E-state index is 0.324. The second-order valence-corrected chi connectivity index (χ2v) is 5.67. The van der Waals surface area contributed by atoms with E-state index in [1.807, 2.05) is 54.6 Å². The molecule has 0 saturated carbocycles. The Kier molecular flexibility index (Phi) is 4.32. The molecule has 0 aliphatic carbocycles. The summed E-state index contributed by atoms with van der Waals surface area (Å²) in [6, 6.07) is 17.0. The lowest BCUT2D eigenvalue weighted by molar-refractivity contribution is -0.104. The number of nitrogens with zero attached hydrogens (tertiary/aromatic N) is 4. The van der Waals surface area contributed by atoms with Crippen LogP contribution in [0.4, 0.5) is 5.82 Å². The van der Waals surface area contributed by atoms with Crippen molar-refractivity contribution in [2.75, 3.05) is 5.73 Å². The number of nitrogens with two attached hydrogens (primary N) is 1. The molecule has 0 fully saturated rings. The summed E-state index contributed by atoms with van der Waals surface area (Å²) in [5.41, 5.74) is 8.04. The fourth-order valence-corrected chi connectivity index (χ4v) is 2.72. The van der Waals surface area contributed by atoms with Crippen molar-refractivity contribution in [3.05, 3.63) is 67.0 Å². The number of aromatic nitrogens is 4. The first-order chi connectivity index (χ1) is 13.3. The predicted octanol–water partition coefficient (Wildman–Crippen LogP) is 3.54. The third-order valence-electron chi connectivity index (χ3n) is 3.93. The van der Waals surface area contributed by atoms with Gasteiger partial charge in [0.1, 0.15) is 35.6 Å². The summed E-state index contributed by atoms with van der Waals surface area (Å²) in [4.78, 5) is 18.9. The van der Waals surface area contributed by atoms with E-state index in [0.29, 0.717) is 34.6 Å². The third kappa shape index (κ3) is 3.25. The smallest absolute Gasteiger partial charge is 0.168 e. The van der Waals surface area contributed by atoms with Gasteiger partial charge in [0, 0.05) is 11.8 Å². The van der Waals surface area contributed by atoms with Gasteiger partial charge in [-0.2, -0.15) is 5.10 Å². The molecule has 0 spiro atoms. The molecule has 0 saturated heterocycles. The Morgan fingerprint density at radius 2 is 1.70 bits per heavy atom. The number of carbonyl (C=O) groups excluding carboxylic acids is 1. The molecule has 2 heterocycles. The van der Waals surface area contributed by atoms with Gasteiger partial charge in [-0.15, -0.1) is 0 Å². The first-order valence-electron chi connectivity index (χ1n) is 8.20. The Labute approximate surface area is 154 Å². The van der Waals surface area contributed by atoms with E-state index in [1.54, 1.807) is 0 Å². The molecule has 4 rings (SSSR count). The van der Waals surface area contributed by atoms with Crippen LogP contribution in [0, 0.1) is 0 Å². The highest BCUT2D eigenvalue weighted by Gasteiger charge is 2.16. The second-order valence-electron chi connectivity index (χ2n) is 5.67. The van der Waals surface area contributed by atoms with Crippen molar-refractivity contribution in [3.8, 4) is 22.8 Å². The van der Waals surface area contributed by atoms with Crippen molar-refractivity contribution in [3.63, 3.8) is 0 Å². The second kappa shape index (κ2) is 7.09. The van der Waals surface area contributed by atoms with Gasteiger partial charge in [-0.1, -0.05) is 18.2 Å². The predicted molar refractivity (Wildman–Crippen MR) is 103 cm³/mol. The van der Waals surface area contributed by atoms with Crippen LogP contribution >= 0.6 is 0 Å². The van der Waals surface area contributed by atoms with Crippen LogP contribution in [0.5, 0.6) is 11.5 Å². The number of anilines is 1. The van der Waals surface area contributed by atoms with Gasteiger partial charge in [-0.3, -0.25) is 4.79 Å². The van der Waals surface area contributed by atoms with Crippen LogP contribution in [0.15, 0.2) is 67.0 Å². The number of ether oxygens (including phenoxy) is 1. The molecule has 0 unspecified atom stereocenters. The average molecular weight is 357 g/mol. The molecule has 0 radical (unpaired) electrons. The average Bonchev–Trinajstić information content (AvgIpc) is 3.08. The summed E-state index contributed by atoms with van der Waals surface area (Å²) in [5.74, 6) is 1.79. The molecule has 7 nitrogen and oxygen atoms in total. The van der Waals surface area contributed by atoms with Gasteiger partial charge in [-0.25, -0.2) is 14.6 Å². The lowest BCUT2D eigenvalue weighted by Crippen LogP contribution is -1.94. The maximum Gasteiger partial charge on any atom is 0.168 e. The van der Waals surface area contributed by atoms with Crippen molar-refractivity contribution in [1.82, 2.24) is 19.7 Å². The topological polar surface area (TPSA) is 95.9 Å². The van der Waals surface area contributed by atoms with Gasteiger partial charge >= 0.3 is 0 Å². The molecule has 27 heavy (non-hydrogen) atoms. The number of hydrogen-bond donors (Lipinski definition) is 1. The summed E-state index contributed by atoms with van der Waals surface area (Å²) in [6.45, 7) is 0. The molecule has 4 aromatic rings. The van der Waals surface area contributed by atoms with Crippen molar-refractivity contribution >= 4 is 29.3 Å². The summed E-state index contributed by atoms with van der Waals surface area (Å²) in [6.07, 6.45) is 4.90. The van der Waals surface area contributed by atoms with E-state index in [0.717, 1.165) is 11.3 Å². The largest absolute Gasteiger partial charge is 0.457 e. The van der Waals surface area contributed by atoms with Gasteiger partial charge in [0.05, 0.1) is 5.39 Å². The zero-order valence-corrected chi connectivity index (χ0v) is 14.2. The number of rotatable bonds is 5. The molecule has 2 N–H and O–H groups in total. The monoisotopic (exact) mass is 357 g/mol. The highest BCUT2D eigenvalue weighted by molar-refractivity contribution is 5.99. The van der Waals surface area contributed by atoms with E-state index in [4.69, 9.17) is 10.5 Å². The fraction of sp³-hybridized carbons (Fsp3) is 0. The number of aldehydes is 1. The minimum Gasteiger partial charge on any atom is -0.457 e. The van der Waals surface area contributed by atoms with Crippen LogP contribution < -0.4 is 10.5 Å². The van der Waals surface area contributed by atoms with E-state index in [9.17, 15) is 4.79 Å². The van der Waals surface area contributed by atoms with Crippen molar-refractivity contribution < 1.29 is 9.53 Å². The molecule has 2 aromatic heterocycles. The van der Waals surface area contributed by atoms with E-state index in [-0.39, 0.29) is 0 Å². The SMILES string of the molecule is Nc1ncnc2c1c(-c1ccc(Oc3ccccc3)cc1)nn2C=CC=O. The van der Waals surface area contributed by atoms with Crippen LogP contribution in [0.2, 0.25) is 0 Å². The number of fused-ring (bicyclic) bond motifs is 1. The number of benzene rings is 2. The van der Waals surface area contributed by atoms with E-state index < -0.39 is 0 Å². The number of hydrogen-bond acceptors (Lipinski definition) is 6. The first kappa shape index (κ1) is 16.5. The fourth-order valence-electron chi connectivity index (χ4n) is 2.72. The summed E-state index contributed by atoms with van der Waals surface area (Å²) < 4.78 is 7.32. The molecule has 2 aromatic carbocycles. The van der Waals surface area contributed by atoms with Crippen molar-refractivity contribution in [2.24, 2.45) is 0 Å². The first-order valence-corrected chi connectivity index (χ1v) is 8.20. The van der Waals surface area contributed by atoms with Crippen LogP contribution in [-0.4, -0.2) is 26.0 Å².